The zero-order valence-electron chi connectivity index (χ0n) is 13.3. The van der Waals surface area contributed by atoms with Crippen molar-refractivity contribution in [3.8, 4) is 0 Å². The molecule has 14 heteroatoms. The van der Waals surface area contributed by atoms with Crippen molar-refractivity contribution in [3.05, 3.63) is 62.6 Å². The van der Waals surface area contributed by atoms with E-state index in [1.807, 2.05) is 0 Å². The zero-order chi connectivity index (χ0) is 19.2. The maximum absolute atomic E-state index is 11.1. The largest absolute Gasteiger partial charge is 0.329 e. The summed E-state index contributed by atoms with van der Waals surface area (Å²) >= 11 is 0. The second kappa shape index (κ2) is 5.76. The van der Waals surface area contributed by atoms with E-state index in [-0.39, 0.29) is 22.3 Å². The molecule has 26 heavy (non-hydrogen) atoms. The van der Waals surface area contributed by atoms with Gasteiger partial charge in [0, 0.05) is 14.1 Å². The van der Waals surface area contributed by atoms with Gasteiger partial charge in [0.2, 0.25) is 0 Å². The molecular weight excluding hydrogens is 352 g/mol. The molecule has 14 nitrogen and oxygen atoms in total. The predicted octanol–water partition coefficient (Wildman–Crippen LogP) is -3.51. The van der Waals surface area contributed by atoms with Crippen molar-refractivity contribution < 1.29 is 0 Å². The quantitative estimate of drug-likeness (QED) is 0.186. The maximum atomic E-state index is 11.1. The highest BCUT2D eigenvalue weighted by atomic mass is 16.2. The summed E-state index contributed by atoms with van der Waals surface area (Å²) in [5.74, 6) is 0. The summed E-state index contributed by atoms with van der Waals surface area (Å²) in [7, 11) is 2.90. The Labute approximate surface area is 139 Å². The first-order valence-corrected chi connectivity index (χ1v) is 7.01. The lowest BCUT2D eigenvalue weighted by atomic mass is 10.5. The Balaban J connectivity index is 0.000000151. The molecule has 4 heterocycles. The van der Waals surface area contributed by atoms with E-state index in [0.717, 1.165) is 9.13 Å². The Morgan fingerprint density at radius 3 is 1.23 bits per heavy atom. The van der Waals surface area contributed by atoms with Crippen LogP contribution in [0.5, 0.6) is 0 Å². The minimum Gasteiger partial charge on any atom is -0.300 e. The van der Waals surface area contributed by atoms with E-state index in [4.69, 9.17) is 0 Å². The number of aryl methyl sites for hydroxylation is 2. The minimum atomic E-state index is -0.601. The highest BCUT2D eigenvalue weighted by molar-refractivity contribution is 5.68. The molecule has 0 aliphatic heterocycles. The summed E-state index contributed by atoms with van der Waals surface area (Å²) in [5.41, 5.74) is -2.81. The van der Waals surface area contributed by atoms with Crippen molar-refractivity contribution in [1.29, 1.82) is 0 Å². The molecule has 0 atom stereocenters. The summed E-state index contributed by atoms with van der Waals surface area (Å²) in [6.07, 6.45) is 0. The monoisotopic (exact) mass is 364 g/mol. The summed E-state index contributed by atoms with van der Waals surface area (Å²) in [4.78, 5) is 79.3. The molecule has 0 amide bonds. The standard InChI is InChI=1S/2C6H6N4O3/c2*1-10-3-2(7-5(12)8-3)4(11)9-6(10)13/h2*1H3,(H2,7,8,12)(H,9,11,13). The Hall–Kier alpha value is -4.10. The second-order valence-electron chi connectivity index (χ2n) is 5.24. The average molecular weight is 364 g/mol. The van der Waals surface area contributed by atoms with Crippen LogP contribution in [0.3, 0.4) is 0 Å². The van der Waals surface area contributed by atoms with Crippen molar-refractivity contribution in [2.24, 2.45) is 14.1 Å². The van der Waals surface area contributed by atoms with E-state index in [1.54, 1.807) is 0 Å². The molecule has 0 saturated heterocycles. The molecule has 6 N–H and O–H groups in total. The van der Waals surface area contributed by atoms with Gasteiger partial charge in [0.25, 0.3) is 11.1 Å². The number of hydrogen-bond acceptors (Lipinski definition) is 6. The van der Waals surface area contributed by atoms with E-state index in [0.29, 0.717) is 0 Å². The van der Waals surface area contributed by atoms with Crippen LogP contribution in [0, 0.1) is 0 Å². The number of aromatic amines is 6. The molecule has 0 radical (unpaired) electrons. The first kappa shape index (κ1) is 16.7. The Bertz CT molecular complexity index is 1370. The fourth-order valence-corrected chi connectivity index (χ4v) is 2.27. The van der Waals surface area contributed by atoms with Crippen molar-refractivity contribution in [1.82, 2.24) is 39.0 Å². The van der Waals surface area contributed by atoms with Gasteiger partial charge in [-0.2, -0.15) is 0 Å². The molecule has 136 valence electrons. The SMILES string of the molecule is Cn1c(=O)[nH]c(=O)c2[nH]c(=O)[nH]c21.Cn1c(=O)[nH]c(=O)c2[nH]c(=O)[nH]c21. The minimum absolute atomic E-state index is 0.0760. The molecule has 0 saturated carbocycles. The summed E-state index contributed by atoms with van der Waals surface area (Å²) in [6.45, 7) is 0. The number of aromatic nitrogens is 8. The lowest BCUT2D eigenvalue weighted by molar-refractivity contribution is 0.831. The van der Waals surface area contributed by atoms with Crippen molar-refractivity contribution in [2.75, 3.05) is 0 Å². The molecule has 4 rings (SSSR count). The number of imidazole rings is 2. The number of H-pyrrole nitrogens is 6. The number of nitrogens with zero attached hydrogens (tertiary/aromatic N) is 2. The van der Waals surface area contributed by atoms with E-state index in [2.05, 4.69) is 29.9 Å². The Kier molecular flexibility index (Phi) is 3.71. The lowest BCUT2D eigenvalue weighted by Crippen LogP contribution is -2.28. The van der Waals surface area contributed by atoms with E-state index >= 15 is 0 Å². The van der Waals surface area contributed by atoms with Crippen LogP contribution in [-0.4, -0.2) is 39.0 Å². The van der Waals surface area contributed by atoms with Gasteiger partial charge in [-0.15, -0.1) is 0 Å². The summed E-state index contributed by atoms with van der Waals surface area (Å²) < 4.78 is 2.29. The fraction of sp³-hybridized carbons (Fsp3) is 0.167. The molecule has 0 fully saturated rings. The van der Waals surface area contributed by atoms with Gasteiger partial charge in [-0.3, -0.25) is 48.6 Å². The first-order valence-electron chi connectivity index (χ1n) is 7.01. The van der Waals surface area contributed by atoms with Crippen LogP contribution in [0.15, 0.2) is 28.8 Å². The van der Waals surface area contributed by atoms with Crippen molar-refractivity contribution in [3.63, 3.8) is 0 Å². The third kappa shape index (κ3) is 2.64. The van der Waals surface area contributed by atoms with Crippen LogP contribution < -0.4 is 33.9 Å². The molecule has 4 aromatic heterocycles. The first-order chi connectivity index (χ1) is 12.2. The van der Waals surface area contributed by atoms with E-state index < -0.39 is 33.9 Å². The van der Waals surface area contributed by atoms with Gasteiger partial charge in [0.05, 0.1) is 0 Å². The summed E-state index contributed by atoms with van der Waals surface area (Å²) in [5, 5.41) is 0. The van der Waals surface area contributed by atoms with Gasteiger partial charge >= 0.3 is 22.8 Å². The third-order valence-electron chi connectivity index (χ3n) is 3.59. The Morgan fingerprint density at radius 1 is 0.538 bits per heavy atom. The number of rotatable bonds is 0. The molecule has 0 aliphatic rings. The fourth-order valence-electron chi connectivity index (χ4n) is 2.27. The van der Waals surface area contributed by atoms with Gasteiger partial charge in [-0.1, -0.05) is 0 Å². The van der Waals surface area contributed by atoms with Crippen LogP contribution in [0.25, 0.3) is 22.3 Å². The van der Waals surface area contributed by atoms with Gasteiger partial charge in [-0.05, 0) is 0 Å². The smallest absolute Gasteiger partial charge is 0.300 e. The topological polar surface area (TPSA) is 207 Å². The molecule has 0 unspecified atom stereocenters. The number of nitrogens with one attached hydrogen (secondary N) is 6. The molecule has 0 aliphatic carbocycles. The lowest BCUT2D eigenvalue weighted by Gasteiger charge is -1.95. The van der Waals surface area contributed by atoms with Crippen LogP contribution in [-0.2, 0) is 14.1 Å². The van der Waals surface area contributed by atoms with Gasteiger partial charge in [-0.25, -0.2) is 19.2 Å². The normalized spacial score (nSPS) is 10.8. The maximum Gasteiger partial charge on any atom is 0.329 e. The molecule has 0 spiro atoms. The van der Waals surface area contributed by atoms with Crippen LogP contribution >= 0.6 is 0 Å². The Morgan fingerprint density at radius 2 is 0.885 bits per heavy atom. The highest BCUT2D eigenvalue weighted by Gasteiger charge is 2.07. The zero-order valence-corrected chi connectivity index (χ0v) is 13.3. The predicted molar refractivity (Wildman–Crippen MR) is 89.6 cm³/mol. The second-order valence-corrected chi connectivity index (χ2v) is 5.24. The van der Waals surface area contributed by atoms with Crippen LogP contribution in [0.4, 0.5) is 0 Å². The van der Waals surface area contributed by atoms with E-state index in [9.17, 15) is 28.8 Å². The molecular formula is C12H12N8O6. The molecule has 0 bridgehead atoms. The summed E-state index contributed by atoms with van der Waals surface area (Å²) in [6, 6.07) is 0. The highest BCUT2D eigenvalue weighted by Crippen LogP contribution is 1.94. The third-order valence-corrected chi connectivity index (χ3v) is 3.59. The van der Waals surface area contributed by atoms with Gasteiger partial charge < -0.3 is 0 Å². The van der Waals surface area contributed by atoms with E-state index in [1.165, 1.54) is 14.1 Å². The van der Waals surface area contributed by atoms with Crippen LogP contribution in [0.2, 0.25) is 0 Å². The van der Waals surface area contributed by atoms with Gasteiger partial charge in [0.1, 0.15) is 11.3 Å². The number of hydrogen-bond donors (Lipinski definition) is 6. The molecule has 0 aromatic carbocycles. The van der Waals surface area contributed by atoms with Gasteiger partial charge in [0.15, 0.2) is 11.0 Å². The van der Waals surface area contributed by atoms with Crippen LogP contribution in [0.1, 0.15) is 0 Å². The van der Waals surface area contributed by atoms with Crippen molar-refractivity contribution >= 4 is 22.3 Å². The van der Waals surface area contributed by atoms with Crippen molar-refractivity contribution in [2.45, 2.75) is 0 Å². The number of fused-ring (bicyclic) bond motifs is 2. The average Bonchev–Trinajstić information content (AvgIpc) is 3.15. The molecule has 4 aromatic rings.